The highest BCUT2D eigenvalue weighted by atomic mass is 15.2. The van der Waals surface area contributed by atoms with Gasteiger partial charge in [-0.1, -0.05) is 0 Å². The number of aromatic nitrogens is 4. The molecule has 0 aliphatic heterocycles. The second-order valence-corrected chi connectivity index (χ2v) is 5.24. The van der Waals surface area contributed by atoms with Gasteiger partial charge in [0.2, 0.25) is 5.95 Å². The van der Waals surface area contributed by atoms with Crippen LogP contribution in [0.3, 0.4) is 0 Å². The predicted octanol–water partition coefficient (Wildman–Crippen LogP) is 1.64. The summed E-state index contributed by atoms with van der Waals surface area (Å²) in [4.78, 5) is 13.0. The Morgan fingerprint density at radius 3 is 2.89 bits per heavy atom. The van der Waals surface area contributed by atoms with Gasteiger partial charge in [-0.15, -0.1) is 0 Å². The molecule has 1 saturated carbocycles. The van der Waals surface area contributed by atoms with Crippen molar-refractivity contribution in [3.05, 3.63) is 6.33 Å². The molecule has 0 spiro atoms. The molecule has 2 heterocycles. The molecular formula is C12H18N6. The van der Waals surface area contributed by atoms with Crippen LogP contribution >= 0.6 is 0 Å². The van der Waals surface area contributed by atoms with E-state index >= 15 is 0 Å². The molecule has 2 aromatic rings. The van der Waals surface area contributed by atoms with Crippen LogP contribution < -0.4 is 11.1 Å². The second kappa shape index (κ2) is 4.12. The van der Waals surface area contributed by atoms with Crippen LogP contribution in [0, 0.1) is 5.92 Å². The van der Waals surface area contributed by atoms with Crippen LogP contribution in [0.15, 0.2) is 6.33 Å². The van der Waals surface area contributed by atoms with Gasteiger partial charge in [0.1, 0.15) is 0 Å². The lowest BCUT2D eigenvalue weighted by Crippen LogP contribution is -2.13. The van der Waals surface area contributed by atoms with Gasteiger partial charge in [-0.25, -0.2) is 4.98 Å². The lowest BCUT2D eigenvalue weighted by molar-refractivity contribution is 0.638. The number of nitrogens with zero attached hydrogens (tertiary/aromatic N) is 4. The number of anilines is 2. The van der Waals surface area contributed by atoms with Crippen LogP contribution in [-0.2, 0) is 6.54 Å². The highest BCUT2D eigenvalue weighted by Gasteiger charge is 2.23. The van der Waals surface area contributed by atoms with Crippen LogP contribution in [0.2, 0.25) is 0 Å². The van der Waals surface area contributed by atoms with Gasteiger partial charge in [0.15, 0.2) is 17.0 Å². The number of hydrogen-bond acceptors (Lipinski definition) is 5. The molecule has 1 fully saturated rings. The minimum Gasteiger partial charge on any atom is -0.368 e. The fraction of sp³-hybridized carbons (Fsp3) is 0.583. The van der Waals surface area contributed by atoms with E-state index < -0.39 is 0 Å². The Hall–Kier alpha value is -1.85. The van der Waals surface area contributed by atoms with Gasteiger partial charge < -0.3 is 15.6 Å². The first kappa shape index (κ1) is 11.3. The molecule has 18 heavy (non-hydrogen) atoms. The van der Waals surface area contributed by atoms with Crippen molar-refractivity contribution in [2.45, 2.75) is 39.3 Å². The van der Waals surface area contributed by atoms with Gasteiger partial charge in [-0.05, 0) is 32.6 Å². The number of nitrogen functional groups attached to an aromatic ring is 1. The molecular weight excluding hydrogens is 228 g/mol. The van der Waals surface area contributed by atoms with Crippen molar-refractivity contribution >= 4 is 22.9 Å². The zero-order valence-corrected chi connectivity index (χ0v) is 10.7. The largest absolute Gasteiger partial charge is 0.368 e. The summed E-state index contributed by atoms with van der Waals surface area (Å²) in [5.41, 5.74) is 7.41. The lowest BCUT2D eigenvalue weighted by atomic mass is 10.3. The van der Waals surface area contributed by atoms with Gasteiger partial charge >= 0.3 is 0 Å². The molecule has 0 bridgehead atoms. The Morgan fingerprint density at radius 2 is 2.22 bits per heavy atom. The van der Waals surface area contributed by atoms with E-state index in [1.54, 1.807) is 0 Å². The van der Waals surface area contributed by atoms with E-state index in [4.69, 9.17) is 5.73 Å². The van der Waals surface area contributed by atoms with Crippen LogP contribution in [0.25, 0.3) is 11.2 Å². The molecule has 0 atom stereocenters. The number of fused-ring (bicyclic) bond motifs is 1. The Kier molecular flexibility index (Phi) is 2.57. The molecule has 0 radical (unpaired) electrons. The van der Waals surface area contributed by atoms with Crippen molar-refractivity contribution in [3.63, 3.8) is 0 Å². The van der Waals surface area contributed by atoms with Crippen LogP contribution in [0.4, 0.5) is 11.8 Å². The van der Waals surface area contributed by atoms with Crippen LogP contribution in [0.5, 0.6) is 0 Å². The van der Waals surface area contributed by atoms with Crippen LogP contribution in [-0.4, -0.2) is 25.6 Å². The summed E-state index contributed by atoms with van der Waals surface area (Å²) in [6.45, 7) is 5.10. The van der Waals surface area contributed by atoms with Crippen LogP contribution in [0.1, 0.15) is 26.7 Å². The minimum absolute atomic E-state index is 0.288. The molecule has 1 aliphatic carbocycles. The monoisotopic (exact) mass is 246 g/mol. The molecule has 96 valence electrons. The first-order valence-electron chi connectivity index (χ1n) is 6.38. The van der Waals surface area contributed by atoms with E-state index in [9.17, 15) is 0 Å². The van der Waals surface area contributed by atoms with Crippen molar-refractivity contribution in [1.29, 1.82) is 0 Å². The average Bonchev–Trinajstić information content (AvgIpc) is 3.00. The minimum atomic E-state index is 0.288. The molecule has 6 nitrogen and oxygen atoms in total. The Balaban J connectivity index is 2.04. The third kappa shape index (κ3) is 2.10. The highest BCUT2D eigenvalue weighted by molar-refractivity contribution is 5.84. The van der Waals surface area contributed by atoms with E-state index in [1.165, 1.54) is 12.8 Å². The van der Waals surface area contributed by atoms with Crippen molar-refractivity contribution in [2.75, 3.05) is 11.1 Å². The number of nitrogens with two attached hydrogens (primary N) is 1. The lowest BCUT2D eigenvalue weighted by Gasteiger charge is -2.10. The molecule has 2 aromatic heterocycles. The molecule has 0 saturated heterocycles. The summed E-state index contributed by atoms with van der Waals surface area (Å²) in [6, 6.07) is 0.288. The smallest absolute Gasteiger partial charge is 0.224 e. The molecule has 0 unspecified atom stereocenters. The number of hydrogen-bond donors (Lipinski definition) is 2. The third-order valence-electron chi connectivity index (χ3n) is 3.06. The Bertz CT molecular complexity index is 569. The number of rotatable bonds is 4. The van der Waals surface area contributed by atoms with Gasteiger partial charge in [0.25, 0.3) is 0 Å². The predicted molar refractivity (Wildman–Crippen MR) is 71.2 cm³/mol. The second-order valence-electron chi connectivity index (χ2n) is 5.24. The van der Waals surface area contributed by atoms with Crippen molar-refractivity contribution in [3.8, 4) is 0 Å². The van der Waals surface area contributed by atoms with Crippen molar-refractivity contribution < 1.29 is 0 Å². The van der Waals surface area contributed by atoms with E-state index in [0.717, 1.165) is 29.4 Å². The average molecular weight is 246 g/mol. The summed E-state index contributed by atoms with van der Waals surface area (Å²) < 4.78 is 2.08. The standard InChI is InChI=1S/C12H18N6/c1-7(2)15-10-9-11(17-12(13)16-10)18(6-14-9)5-8-3-4-8/h6-8H,3-5H2,1-2H3,(H3,13,15,16,17). The Labute approximate surface area is 106 Å². The maximum atomic E-state index is 5.77. The molecule has 1 aliphatic rings. The normalized spacial score (nSPS) is 15.5. The van der Waals surface area contributed by atoms with Gasteiger partial charge in [-0.3, -0.25) is 0 Å². The highest BCUT2D eigenvalue weighted by Crippen LogP contribution is 2.32. The first-order valence-corrected chi connectivity index (χ1v) is 6.38. The molecule has 6 heteroatoms. The zero-order valence-electron chi connectivity index (χ0n) is 10.7. The topological polar surface area (TPSA) is 81.7 Å². The van der Waals surface area contributed by atoms with Gasteiger partial charge in [0.05, 0.1) is 6.33 Å². The maximum absolute atomic E-state index is 5.77. The number of nitrogens with one attached hydrogen (secondary N) is 1. The third-order valence-corrected chi connectivity index (χ3v) is 3.06. The fourth-order valence-electron chi connectivity index (χ4n) is 2.05. The maximum Gasteiger partial charge on any atom is 0.224 e. The molecule has 0 amide bonds. The van der Waals surface area contributed by atoms with E-state index in [2.05, 4.69) is 38.7 Å². The van der Waals surface area contributed by atoms with E-state index in [0.29, 0.717) is 5.95 Å². The zero-order chi connectivity index (χ0) is 12.7. The summed E-state index contributed by atoms with van der Waals surface area (Å²) >= 11 is 0. The molecule has 3 N–H and O–H groups in total. The summed E-state index contributed by atoms with van der Waals surface area (Å²) in [5.74, 6) is 1.80. The van der Waals surface area contributed by atoms with Gasteiger partial charge in [-0.2, -0.15) is 9.97 Å². The van der Waals surface area contributed by atoms with Crippen molar-refractivity contribution in [2.24, 2.45) is 5.92 Å². The SMILES string of the molecule is CC(C)Nc1nc(N)nc2c1ncn2CC1CC1. The van der Waals surface area contributed by atoms with Gasteiger partial charge in [0, 0.05) is 12.6 Å². The summed E-state index contributed by atoms with van der Waals surface area (Å²) in [6.07, 6.45) is 4.44. The van der Waals surface area contributed by atoms with E-state index in [-0.39, 0.29) is 6.04 Å². The quantitative estimate of drug-likeness (QED) is 0.857. The summed E-state index contributed by atoms with van der Waals surface area (Å²) in [5, 5.41) is 3.26. The summed E-state index contributed by atoms with van der Waals surface area (Å²) in [7, 11) is 0. The number of imidazole rings is 1. The van der Waals surface area contributed by atoms with Crippen molar-refractivity contribution in [1.82, 2.24) is 19.5 Å². The molecule has 3 rings (SSSR count). The Morgan fingerprint density at radius 1 is 1.44 bits per heavy atom. The first-order chi connectivity index (χ1) is 8.63. The van der Waals surface area contributed by atoms with E-state index in [1.807, 2.05) is 6.33 Å². The fourth-order valence-corrected chi connectivity index (χ4v) is 2.05. The molecule has 0 aromatic carbocycles.